The third kappa shape index (κ3) is 3.46. The van der Waals surface area contributed by atoms with E-state index in [1.165, 1.54) is 0 Å². The quantitative estimate of drug-likeness (QED) is 0.693. The van der Waals surface area contributed by atoms with Crippen molar-refractivity contribution in [1.82, 2.24) is 9.47 Å². The van der Waals surface area contributed by atoms with Crippen molar-refractivity contribution in [2.75, 3.05) is 6.61 Å². The van der Waals surface area contributed by atoms with Crippen molar-refractivity contribution >= 4 is 17.2 Å². The zero-order valence-electron chi connectivity index (χ0n) is 14.5. The number of carbonyl (C=O) groups is 1. The average Bonchev–Trinajstić information content (AvgIpc) is 3.32. The summed E-state index contributed by atoms with van der Waals surface area (Å²) < 4.78 is 13.7. The Morgan fingerprint density at radius 2 is 2.00 bits per heavy atom. The Labute approximate surface area is 156 Å². The number of benzene rings is 1. The van der Waals surface area contributed by atoms with Crippen LogP contribution in [-0.2, 0) is 24.9 Å². The van der Waals surface area contributed by atoms with E-state index in [4.69, 9.17) is 9.47 Å². The van der Waals surface area contributed by atoms with Gasteiger partial charge in [0.2, 0.25) is 6.10 Å². The maximum Gasteiger partial charge on any atom is 0.267 e. The summed E-state index contributed by atoms with van der Waals surface area (Å²) in [6.07, 6.45) is 1.35. The van der Waals surface area contributed by atoms with E-state index in [1.54, 1.807) is 11.3 Å². The third-order valence-corrected chi connectivity index (χ3v) is 5.29. The number of fused-ring (bicyclic) bond motifs is 1. The number of carbonyl (C=O) groups excluding carboxylic acids is 1. The van der Waals surface area contributed by atoms with Gasteiger partial charge in [0.1, 0.15) is 6.61 Å². The summed E-state index contributed by atoms with van der Waals surface area (Å²) in [5.41, 5.74) is 1.08. The number of aromatic nitrogens is 1. The highest BCUT2D eigenvalue weighted by Crippen LogP contribution is 2.31. The van der Waals surface area contributed by atoms with Crippen LogP contribution in [0.4, 0.5) is 0 Å². The van der Waals surface area contributed by atoms with Crippen LogP contribution in [0.15, 0.2) is 60.1 Å². The van der Waals surface area contributed by atoms with Gasteiger partial charge in [0.05, 0.1) is 13.1 Å². The maximum absolute atomic E-state index is 13.2. The van der Waals surface area contributed by atoms with E-state index in [0.717, 1.165) is 10.6 Å². The van der Waals surface area contributed by atoms with Gasteiger partial charge < -0.3 is 18.9 Å². The Morgan fingerprint density at radius 3 is 2.73 bits per heavy atom. The highest BCUT2D eigenvalue weighted by Gasteiger charge is 2.31. The molecule has 6 heteroatoms. The van der Waals surface area contributed by atoms with Crippen molar-refractivity contribution in [1.29, 1.82) is 0 Å². The summed E-state index contributed by atoms with van der Waals surface area (Å²) in [5.74, 6) is 1.24. The molecule has 26 heavy (non-hydrogen) atoms. The van der Waals surface area contributed by atoms with E-state index < -0.39 is 6.10 Å². The normalized spacial score (nSPS) is 15.7. The molecule has 3 heterocycles. The first-order valence-electron chi connectivity index (χ1n) is 8.50. The topological polar surface area (TPSA) is 43.7 Å². The molecule has 3 aromatic rings. The van der Waals surface area contributed by atoms with Crippen molar-refractivity contribution in [3.63, 3.8) is 0 Å². The van der Waals surface area contributed by atoms with Gasteiger partial charge in [-0.15, -0.1) is 11.3 Å². The molecule has 0 aliphatic carbocycles. The highest BCUT2D eigenvalue weighted by molar-refractivity contribution is 7.09. The van der Waals surface area contributed by atoms with Gasteiger partial charge in [0, 0.05) is 23.8 Å². The molecule has 0 saturated heterocycles. The van der Waals surface area contributed by atoms with Gasteiger partial charge in [-0.2, -0.15) is 0 Å². The van der Waals surface area contributed by atoms with Crippen molar-refractivity contribution < 1.29 is 14.3 Å². The summed E-state index contributed by atoms with van der Waals surface area (Å²) >= 11 is 1.65. The molecule has 4 rings (SSSR count). The van der Waals surface area contributed by atoms with Crippen LogP contribution in [-0.4, -0.2) is 28.1 Å². The zero-order valence-corrected chi connectivity index (χ0v) is 15.3. The fraction of sp³-hybridized carbons (Fsp3) is 0.250. The molecule has 1 aliphatic rings. The zero-order chi connectivity index (χ0) is 17.9. The lowest BCUT2D eigenvalue weighted by molar-refractivity contribution is -0.142. The molecule has 1 aromatic carbocycles. The van der Waals surface area contributed by atoms with Crippen LogP contribution in [0.3, 0.4) is 0 Å². The summed E-state index contributed by atoms with van der Waals surface area (Å²) in [5, 5.41) is 2.02. The molecule has 1 atom stereocenters. The monoisotopic (exact) mass is 368 g/mol. The van der Waals surface area contributed by atoms with E-state index in [2.05, 4.69) is 0 Å². The molecule has 2 aromatic heterocycles. The minimum atomic E-state index is -0.634. The Kier molecular flexibility index (Phi) is 4.67. The number of nitrogens with zero attached hydrogens (tertiary/aromatic N) is 2. The molecule has 134 valence electrons. The van der Waals surface area contributed by atoms with Gasteiger partial charge in [0.15, 0.2) is 11.5 Å². The second-order valence-corrected chi connectivity index (χ2v) is 7.28. The van der Waals surface area contributed by atoms with Crippen LogP contribution in [0, 0.1) is 0 Å². The van der Waals surface area contributed by atoms with Gasteiger partial charge in [0.25, 0.3) is 5.91 Å². The summed E-state index contributed by atoms with van der Waals surface area (Å²) in [6.45, 7) is 1.31. The lowest BCUT2D eigenvalue weighted by Crippen LogP contribution is -2.45. The first kappa shape index (κ1) is 16.7. The smallest absolute Gasteiger partial charge is 0.267 e. The van der Waals surface area contributed by atoms with E-state index in [0.29, 0.717) is 24.6 Å². The maximum atomic E-state index is 13.2. The first-order chi connectivity index (χ1) is 12.7. The molecule has 0 saturated carbocycles. The first-order valence-corrected chi connectivity index (χ1v) is 9.38. The Balaban J connectivity index is 1.55. The van der Waals surface area contributed by atoms with Gasteiger partial charge in [-0.3, -0.25) is 4.79 Å². The van der Waals surface area contributed by atoms with Crippen LogP contribution in [0.5, 0.6) is 11.5 Å². The third-order valence-electron chi connectivity index (χ3n) is 4.43. The lowest BCUT2D eigenvalue weighted by atomic mass is 10.2. The van der Waals surface area contributed by atoms with Gasteiger partial charge in [-0.25, -0.2) is 0 Å². The number of hydrogen-bond donors (Lipinski definition) is 0. The van der Waals surface area contributed by atoms with Crippen molar-refractivity contribution in [3.8, 4) is 11.5 Å². The predicted octanol–water partition coefficient (Wildman–Crippen LogP) is 3.46. The minimum absolute atomic E-state index is 0.0610. The molecule has 0 spiro atoms. The number of aryl methyl sites for hydroxylation is 1. The van der Waals surface area contributed by atoms with Crippen LogP contribution >= 0.6 is 11.3 Å². The molecule has 0 bridgehead atoms. The van der Waals surface area contributed by atoms with Crippen LogP contribution in [0.1, 0.15) is 10.6 Å². The second-order valence-electron chi connectivity index (χ2n) is 6.25. The van der Waals surface area contributed by atoms with Crippen LogP contribution in [0.2, 0.25) is 0 Å². The van der Waals surface area contributed by atoms with Crippen LogP contribution in [0.25, 0.3) is 0 Å². The standard InChI is InChI=1S/C20H20N2O3S/c1-21-10-4-6-15(21)12-22(13-16-7-5-11-26-16)20(23)19-14-24-17-8-2-3-9-18(17)25-19/h2-11,19H,12-14H2,1H3/t19-/m0/s1. The largest absolute Gasteiger partial charge is 0.485 e. The molecule has 5 nitrogen and oxygen atoms in total. The SMILES string of the molecule is Cn1cccc1CN(Cc1cccs1)C(=O)[C@@H]1COc2ccccc2O1. The Hall–Kier alpha value is -2.73. The number of rotatable bonds is 5. The molecule has 0 unspecified atom stereocenters. The van der Waals surface area contributed by atoms with E-state index in [1.807, 2.05) is 76.6 Å². The van der Waals surface area contributed by atoms with E-state index in [-0.39, 0.29) is 12.5 Å². The summed E-state index contributed by atoms with van der Waals surface area (Å²) in [7, 11) is 1.99. The predicted molar refractivity (Wildman–Crippen MR) is 100 cm³/mol. The summed E-state index contributed by atoms with van der Waals surface area (Å²) in [6, 6.07) is 15.5. The van der Waals surface area contributed by atoms with Crippen molar-refractivity contribution in [2.24, 2.45) is 7.05 Å². The number of para-hydroxylation sites is 2. The molecule has 0 fully saturated rings. The lowest BCUT2D eigenvalue weighted by Gasteiger charge is -2.30. The van der Waals surface area contributed by atoms with Gasteiger partial charge >= 0.3 is 0 Å². The summed E-state index contributed by atoms with van der Waals surface area (Å²) in [4.78, 5) is 16.2. The number of ether oxygens (including phenoxy) is 2. The minimum Gasteiger partial charge on any atom is -0.485 e. The molecule has 0 N–H and O–H groups in total. The van der Waals surface area contributed by atoms with E-state index in [9.17, 15) is 4.79 Å². The van der Waals surface area contributed by atoms with Crippen LogP contribution < -0.4 is 9.47 Å². The fourth-order valence-corrected chi connectivity index (χ4v) is 3.72. The fourth-order valence-electron chi connectivity index (χ4n) is 3.00. The van der Waals surface area contributed by atoms with Crippen molar-refractivity contribution in [2.45, 2.75) is 19.2 Å². The highest BCUT2D eigenvalue weighted by atomic mass is 32.1. The Bertz CT molecular complexity index is 888. The average molecular weight is 368 g/mol. The molecule has 1 amide bonds. The number of hydrogen-bond acceptors (Lipinski definition) is 4. The number of amides is 1. The molecule has 0 radical (unpaired) electrons. The molecular weight excluding hydrogens is 348 g/mol. The van der Waals surface area contributed by atoms with Crippen molar-refractivity contribution in [3.05, 3.63) is 70.7 Å². The second kappa shape index (κ2) is 7.25. The van der Waals surface area contributed by atoms with E-state index >= 15 is 0 Å². The Morgan fingerprint density at radius 1 is 1.15 bits per heavy atom. The van der Waals surface area contributed by atoms with Gasteiger partial charge in [-0.1, -0.05) is 18.2 Å². The molecule has 1 aliphatic heterocycles. The molecular formula is C20H20N2O3S. The number of thiophene rings is 1. The van der Waals surface area contributed by atoms with Gasteiger partial charge in [-0.05, 0) is 35.7 Å².